The van der Waals surface area contributed by atoms with Gasteiger partial charge in [-0.2, -0.15) is 0 Å². The van der Waals surface area contributed by atoms with Crippen LogP contribution in [0.2, 0.25) is 0 Å². The molecule has 0 heterocycles. The summed E-state index contributed by atoms with van der Waals surface area (Å²) in [5.74, 6) is 2.60. The van der Waals surface area contributed by atoms with Crippen LogP contribution in [0.25, 0.3) is 0 Å². The van der Waals surface area contributed by atoms with E-state index in [1.54, 1.807) is 0 Å². The zero-order valence-corrected chi connectivity index (χ0v) is 16.3. The highest BCUT2D eigenvalue weighted by molar-refractivity contribution is 5.83. The van der Waals surface area contributed by atoms with Crippen LogP contribution in [-0.4, -0.2) is 6.29 Å². The maximum Gasteiger partial charge on any atom is 0.153 e. The lowest BCUT2D eigenvalue weighted by Crippen LogP contribution is -2.09. The van der Waals surface area contributed by atoms with E-state index in [1.165, 1.54) is 24.0 Å². The van der Waals surface area contributed by atoms with Gasteiger partial charge in [0.1, 0.15) is 24.7 Å². The van der Waals surface area contributed by atoms with E-state index in [0.717, 1.165) is 35.3 Å². The van der Waals surface area contributed by atoms with Gasteiger partial charge in [0.15, 0.2) is 6.29 Å². The standard InChI is InChI=1S/C26H24O3/c27-15-22-14-23(28-16-18-7-3-1-4-8-18)24-20-11-12-21(13-20)25(24)26(22)29-17-19-9-5-2-6-10-19/h1-10,14-15,20-21H,11-13,16-17H2. The van der Waals surface area contributed by atoms with Crippen LogP contribution < -0.4 is 9.47 Å². The van der Waals surface area contributed by atoms with E-state index < -0.39 is 0 Å². The minimum Gasteiger partial charge on any atom is -0.489 e. The second kappa shape index (κ2) is 7.75. The molecule has 0 amide bonds. The summed E-state index contributed by atoms with van der Waals surface area (Å²) in [7, 11) is 0. The Morgan fingerprint density at radius 2 is 1.38 bits per heavy atom. The predicted octanol–water partition coefficient (Wildman–Crippen LogP) is 6.02. The number of ether oxygens (including phenoxy) is 2. The maximum atomic E-state index is 11.9. The van der Waals surface area contributed by atoms with E-state index in [0.29, 0.717) is 30.6 Å². The third kappa shape index (κ3) is 3.42. The van der Waals surface area contributed by atoms with E-state index in [2.05, 4.69) is 12.1 Å². The van der Waals surface area contributed by atoms with Gasteiger partial charge in [-0.05, 0) is 48.3 Å². The molecule has 0 aliphatic heterocycles. The normalized spacial score (nSPS) is 19.0. The molecule has 5 rings (SSSR count). The minimum absolute atomic E-state index is 0.468. The SMILES string of the molecule is O=Cc1cc(OCc2ccccc2)c2c(c1OCc1ccccc1)C1CCC2C1. The second-order valence-electron chi connectivity index (χ2n) is 7.99. The third-order valence-electron chi connectivity index (χ3n) is 6.19. The molecule has 29 heavy (non-hydrogen) atoms. The topological polar surface area (TPSA) is 35.5 Å². The molecule has 1 fully saturated rings. The van der Waals surface area contributed by atoms with Gasteiger partial charge in [0, 0.05) is 11.1 Å². The molecular formula is C26H24O3. The molecule has 2 aliphatic rings. The highest BCUT2D eigenvalue weighted by atomic mass is 16.5. The first-order valence-corrected chi connectivity index (χ1v) is 10.3. The van der Waals surface area contributed by atoms with Crippen LogP contribution in [0.3, 0.4) is 0 Å². The largest absolute Gasteiger partial charge is 0.489 e. The first-order chi connectivity index (χ1) is 14.3. The van der Waals surface area contributed by atoms with Gasteiger partial charge < -0.3 is 9.47 Å². The highest BCUT2D eigenvalue weighted by Crippen LogP contribution is 2.59. The molecule has 2 unspecified atom stereocenters. The molecule has 0 radical (unpaired) electrons. The number of rotatable bonds is 7. The smallest absolute Gasteiger partial charge is 0.153 e. The van der Waals surface area contributed by atoms with Crippen LogP contribution in [-0.2, 0) is 13.2 Å². The molecule has 0 N–H and O–H groups in total. The monoisotopic (exact) mass is 384 g/mol. The average Bonchev–Trinajstić information content (AvgIpc) is 3.40. The van der Waals surface area contributed by atoms with Gasteiger partial charge in [0.25, 0.3) is 0 Å². The fraction of sp³-hybridized carbons (Fsp3) is 0.269. The predicted molar refractivity (Wildman–Crippen MR) is 113 cm³/mol. The second-order valence-corrected chi connectivity index (χ2v) is 7.99. The molecule has 0 spiro atoms. The summed E-state index contributed by atoms with van der Waals surface area (Å²) in [6.45, 7) is 0.975. The molecule has 3 nitrogen and oxygen atoms in total. The Morgan fingerprint density at radius 3 is 2.00 bits per heavy atom. The summed E-state index contributed by atoms with van der Waals surface area (Å²) in [4.78, 5) is 11.9. The first kappa shape index (κ1) is 18.0. The molecule has 0 aromatic heterocycles. The lowest BCUT2D eigenvalue weighted by molar-refractivity contribution is 0.111. The molecular weight excluding hydrogens is 360 g/mol. The summed E-state index contributed by atoms with van der Waals surface area (Å²) < 4.78 is 12.5. The number of aldehydes is 1. The van der Waals surface area contributed by atoms with Gasteiger partial charge in [-0.3, -0.25) is 4.79 Å². The first-order valence-electron chi connectivity index (χ1n) is 10.3. The molecule has 146 valence electrons. The summed E-state index contributed by atoms with van der Waals surface area (Å²) in [5, 5.41) is 0. The van der Waals surface area contributed by atoms with Crippen LogP contribution in [0, 0.1) is 0 Å². The van der Waals surface area contributed by atoms with Gasteiger partial charge in [-0.1, -0.05) is 60.7 Å². The molecule has 0 saturated heterocycles. The summed E-state index contributed by atoms with van der Waals surface area (Å²) >= 11 is 0. The highest BCUT2D eigenvalue weighted by Gasteiger charge is 2.42. The van der Waals surface area contributed by atoms with Crippen molar-refractivity contribution in [2.75, 3.05) is 0 Å². The molecule has 2 bridgehead atoms. The van der Waals surface area contributed by atoms with Crippen molar-refractivity contribution in [3.8, 4) is 11.5 Å². The number of benzene rings is 3. The van der Waals surface area contributed by atoms with Gasteiger partial charge >= 0.3 is 0 Å². The Bertz CT molecular complexity index is 1010. The Hall–Kier alpha value is -3.07. The zero-order valence-electron chi connectivity index (χ0n) is 16.3. The number of fused-ring (bicyclic) bond motifs is 5. The summed E-state index contributed by atoms with van der Waals surface area (Å²) in [6, 6.07) is 22.1. The molecule has 2 atom stereocenters. The van der Waals surface area contributed by atoms with E-state index in [9.17, 15) is 4.79 Å². The lowest BCUT2D eigenvalue weighted by atomic mass is 9.88. The summed E-state index contributed by atoms with van der Waals surface area (Å²) in [5.41, 5.74) is 5.30. The Balaban J connectivity index is 1.49. The van der Waals surface area contributed by atoms with Crippen molar-refractivity contribution in [1.82, 2.24) is 0 Å². The van der Waals surface area contributed by atoms with Crippen molar-refractivity contribution in [3.05, 3.63) is 94.5 Å². The van der Waals surface area contributed by atoms with E-state index >= 15 is 0 Å². The molecule has 1 saturated carbocycles. The molecule has 2 aliphatic carbocycles. The number of hydrogen-bond donors (Lipinski definition) is 0. The fourth-order valence-electron chi connectivity index (χ4n) is 4.86. The van der Waals surface area contributed by atoms with Crippen molar-refractivity contribution in [2.24, 2.45) is 0 Å². The number of carbonyl (C=O) groups excluding carboxylic acids is 1. The van der Waals surface area contributed by atoms with Crippen molar-refractivity contribution < 1.29 is 14.3 Å². The minimum atomic E-state index is 0.468. The fourth-order valence-corrected chi connectivity index (χ4v) is 4.86. The number of carbonyl (C=O) groups is 1. The Morgan fingerprint density at radius 1 is 0.793 bits per heavy atom. The van der Waals surface area contributed by atoms with Crippen molar-refractivity contribution >= 4 is 6.29 Å². The van der Waals surface area contributed by atoms with E-state index in [1.807, 2.05) is 54.6 Å². The van der Waals surface area contributed by atoms with Crippen molar-refractivity contribution in [2.45, 2.75) is 44.3 Å². The average molecular weight is 384 g/mol. The van der Waals surface area contributed by atoms with Crippen LogP contribution >= 0.6 is 0 Å². The van der Waals surface area contributed by atoms with Crippen LogP contribution in [0.1, 0.15) is 63.7 Å². The maximum absolute atomic E-state index is 11.9. The van der Waals surface area contributed by atoms with Crippen LogP contribution in [0.5, 0.6) is 11.5 Å². The van der Waals surface area contributed by atoms with Crippen LogP contribution in [0.15, 0.2) is 66.7 Å². The van der Waals surface area contributed by atoms with Gasteiger partial charge in [-0.25, -0.2) is 0 Å². The molecule has 3 heteroatoms. The van der Waals surface area contributed by atoms with Crippen molar-refractivity contribution in [1.29, 1.82) is 0 Å². The summed E-state index contributed by atoms with van der Waals surface area (Å²) in [6.07, 6.45) is 4.40. The van der Waals surface area contributed by atoms with Gasteiger partial charge in [-0.15, -0.1) is 0 Å². The Kier molecular flexibility index (Phi) is 4.81. The zero-order chi connectivity index (χ0) is 19.6. The van der Waals surface area contributed by atoms with E-state index in [-0.39, 0.29) is 0 Å². The van der Waals surface area contributed by atoms with E-state index in [4.69, 9.17) is 9.47 Å². The van der Waals surface area contributed by atoms with Crippen LogP contribution in [0.4, 0.5) is 0 Å². The van der Waals surface area contributed by atoms with Gasteiger partial charge in [0.2, 0.25) is 0 Å². The number of hydrogen-bond acceptors (Lipinski definition) is 3. The van der Waals surface area contributed by atoms with Gasteiger partial charge in [0.05, 0.1) is 5.56 Å². The molecule has 3 aromatic rings. The molecule has 3 aromatic carbocycles. The quantitative estimate of drug-likeness (QED) is 0.467. The third-order valence-corrected chi connectivity index (χ3v) is 6.19. The Labute approximate surface area is 171 Å². The van der Waals surface area contributed by atoms with Crippen molar-refractivity contribution in [3.63, 3.8) is 0 Å². The lowest BCUT2D eigenvalue weighted by Gasteiger charge is -2.24.